The summed E-state index contributed by atoms with van der Waals surface area (Å²) in [4.78, 5) is 26.5. The molecule has 152 valence electrons. The highest BCUT2D eigenvalue weighted by Crippen LogP contribution is 2.23. The molecule has 1 atom stereocenters. The number of nitrogens with zero attached hydrogens (tertiary/aromatic N) is 1. The number of carbonyl (C=O) groups is 2. The summed E-state index contributed by atoms with van der Waals surface area (Å²) in [5, 5.41) is 9.43. The average Bonchev–Trinajstić information content (AvgIpc) is 3.26. The Bertz CT molecular complexity index is 745. The molecule has 0 radical (unpaired) electrons. The van der Waals surface area contributed by atoms with Crippen molar-refractivity contribution in [1.82, 2.24) is 15.5 Å². The van der Waals surface area contributed by atoms with Crippen LogP contribution in [0.2, 0.25) is 0 Å². The predicted octanol–water partition coefficient (Wildman–Crippen LogP) is 3.08. The van der Waals surface area contributed by atoms with Crippen LogP contribution in [0.5, 0.6) is 5.75 Å². The van der Waals surface area contributed by atoms with Gasteiger partial charge in [0, 0.05) is 30.5 Å². The number of hydrogen-bond donors (Lipinski definition) is 2. The Balaban J connectivity index is 1.89. The Morgan fingerprint density at radius 1 is 1.18 bits per heavy atom. The smallest absolute Gasteiger partial charge is 0.252 e. The molecule has 1 aromatic heterocycles. The van der Waals surface area contributed by atoms with Gasteiger partial charge in [-0.2, -0.15) is 11.3 Å². The molecule has 0 spiro atoms. The van der Waals surface area contributed by atoms with Crippen molar-refractivity contribution in [1.29, 1.82) is 0 Å². The van der Waals surface area contributed by atoms with Crippen molar-refractivity contribution < 1.29 is 14.3 Å². The van der Waals surface area contributed by atoms with Crippen LogP contribution in [0.1, 0.15) is 42.2 Å². The highest BCUT2D eigenvalue weighted by atomic mass is 32.1. The SMILES string of the molecule is CCN(CC)[C@H](CNC(=O)CCNC(=O)c1ccsc1)c1cccc(OC)c1. The summed E-state index contributed by atoms with van der Waals surface area (Å²) in [6, 6.07) is 9.77. The van der Waals surface area contributed by atoms with Gasteiger partial charge in [-0.3, -0.25) is 14.5 Å². The fourth-order valence-corrected chi connectivity index (χ4v) is 3.69. The first kappa shape index (κ1) is 21.9. The van der Waals surface area contributed by atoms with Crippen molar-refractivity contribution in [2.45, 2.75) is 26.3 Å². The monoisotopic (exact) mass is 403 g/mol. The number of amides is 2. The van der Waals surface area contributed by atoms with Crippen molar-refractivity contribution in [2.75, 3.05) is 33.3 Å². The van der Waals surface area contributed by atoms with Gasteiger partial charge in [-0.1, -0.05) is 26.0 Å². The van der Waals surface area contributed by atoms with Crippen LogP contribution in [-0.2, 0) is 4.79 Å². The zero-order chi connectivity index (χ0) is 20.4. The second-order valence-corrected chi connectivity index (χ2v) is 7.12. The Morgan fingerprint density at radius 2 is 1.96 bits per heavy atom. The van der Waals surface area contributed by atoms with Crippen molar-refractivity contribution in [2.24, 2.45) is 0 Å². The van der Waals surface area contributed by atoms with Gasteiger partial charge in [0.05, 0.1) is 13.2 Å². The van der Waals surface area contributed by atoms with Crippen LogP contribution < -0.4 is 15.4 Å². The lowest BCUT2D eigenvalue weighted by Crippen LogP contribution is -2.39. The largest absolute Gasteiger partial charge is 0.497 e. The van der Waals surface area contributed by atoms with Crippen LogP contribution in [0, 0.1) is 0 Å². The first-order valence-electron chi connectivity index (χ1n) is 9.54. The summed E-state index contributed by atoms with van der Waals surface area (Å²) in [5.41, 5.74) is 1.74. The molecule has 0 saturated carbocycles. The van der Waals surface area contributed by atoms with Crippen LogP contribution >= 0.6 is 11.3 Å². The normalized spacial score (nSPS) is 11.9. The van der Waals surface area contributed by atoms with Crippen LogP contribution in [0.3, 0.4) is 0 Å². The number of ether oxygens (including phenoxy) is 1. The van der Waals surface area contributed by atoms with Gasteiger partial charge in [0.25, 0.3) is 5.91 Å². The number of rotatable bonds is 11. The van der Waals surface area contributed by atoms with E-state index in [1.807, 2.05) is 23.6 Å². The zero-order valence-corrected chi connectivity index (χ0v) is 17.6. The van der Waals surface area contributed by atoms with E-state index in [-0.39, 0.29) is 24.3 Å². The van der Waals surface area contributed by atoms with E-state index in [1.165, 1.54) is 11.3 Å². The number of hydrogen-bond acceptors (Lipinski definition) is 5. The van der Waals surface area contributed by atoms with Gasteiger partial charge in [-0.05, 0) is 42.2 Å². The van der Waals surface area contributed by atoms with Gasteiger partial charge in [0.15, 0.2) is 0 Å². The third-order valence-corrected chi connectivity index (χ3v) is 5.33. The Labute approximate surface area is 170 Å². The molecule has 0 aliphatic rings. The first-order valence-corrected chi connectivity index (χ1v) is 10.5. The molecule has 0 fully saturated rings. The average molecular weight is 404 g/mol. The van der Waals surface area contributed by atoms with E-state index in [1.54, 1.807) is 18.6 Å². The zero-order valence-electron chi connectivity index (χ0n) is 16.7. The Morgan fingerprint density at radius 3 is 2.61 bits per heavy atom. The van der Waals surface area contributed by atoms with E-state index in [9.17, 15) is 9.59 Å². The molecule has 0 aliphatic heterocycles. The molecule has 2 N–H and O–H groups in total. The minimum Gasteiger partial charge on any atom is -0.497 e. The van der Waals surface area contributed by atoms with E-state index in [0.29, 0.717) is 18.7 Å². The van der Waals surface area contributed by atoms with E-state index in [0.717, 1.165) is 24.4 Å². The summed E-state index contributed by atoms with van der Waals surface area (Å²) in [6.07, 6.45) is 0.249. The Hall–Kier alpha value is -2.38. The highest BCUT2D eigenvalue weighted by Gasteiger charge is 2.19. The third-order valence-electron chi connectivity index (χ3n) is 4.65. The molecule has 6 nitrogen and oxygen atoms in total. The quantitative estimate of drug-likeness (QED) is 0.605. The fraction of sp³-hybridized carbons (Fsp3) is 0.429. The molecule has 2 amide bonds. The van der Waals surface area contributed by atoms with Gasteiger partial charge in [-0.15, -0.1) is 0 Å². The lowest BCUT2D eigenvalue weighted by Gasteiger charge is -2.30. The van der Waals surface area contributed by atoms with Crippen LogP contribution in [0.25, 0.3) is 0 Å². The maximum Gasteiger partial charge on any atom is 0.252 e. The van der Waals surface area contributed by atoms with Gasteiger partial charge >= 0.3 is 0 Å². The number of likely N-dealkylation sites (N-methyl/N-ethyl adjacent to an activating group) is 1. The second-order valence-electron chi connectivity index (χ2n) is 6.34. The molecule has 1 heterocycles. The van der Waals surface area contributed by atoms with E-state index in [4.69, 9.17) is 4.74 Å². The standard InChI is InChI=1S/C21H29N3O3S/c1-4-24(5-2)19(16-7-6-8-18(13-16)27-3)14-23-20(25)9-11-22-21(26)17-10-12-28-15-17/h6-8,10,12-13,15,19H,4-5,9,11,14H2,1-3H3,(H,22,26)(H,23,25)/t19-/m1/s1. The molecule has 0 unspecified atom stereocenters. The molecule has 1 aromatic carbocycles. The van der Waals surface area contributed by atoms with Gasteiger partial charge in [0.1, 0.15) is 5.75 Å². The highest BCUT2D eigenvalue weighted by molar-refractivity contribution is 7.08. The maximum absolute atomic E-state index is 12.3. The van der Waals surface area contributed by atoms with Gasteiger partial charge < -0.3 is 15.4 Å². The summed E-state index contributed by atoms with van der Waals surface area (Å²) < 4.78 is 5.34. The van der Waals surface area contributed by atoms with Gasteiger partial charge in [0.2, 0.25) is 5.91 Å². The minimum absolute atomic E-state index is 0.0643. The first-order chi connectivity index (χ1) is 13.6. The lowest BCUT2D eigenvalue weighted by molar-refractivity contribution is -0.121. The molecule has 2 aromatic rings. The second kappa shape index (κ2) is 11.5. The molecular formula is C21H29N3O3S. The van der Waals surface area contributed by atoms with Gasteiger partial charge in [-0.25, -0.2) is 0 Å². The topological polar surface area (TPSA) is 70.7 Å². The number of thiophene rings is 1. The molecule has 0 aliphatic carbocycles. The van der Waals surface area contributed by atoms with E-state index < -0.39 is 0 Å². The number of nitrogens with one attached hydrogen (secondary N) is 2. The Kier molecular flexibility index (Phi) is 8.97. The van der Waals surface area contributed by atoms with Crippen molar-refractivity contribution >= 4 is 23.2 Å². The lowest BCUT2D eigenvalue weighted by atomic mass is 10.0. The van der Waals surface area contributed by atoms with Crippen molar-refractivity contribution in [3.63, 3.8) is 0 Å². The fourth-order valence-electron chi connectivity index (χ4n) is 3.06. The molecule has 0 saturated heterocycles. The maximum atomic E-state index is 12.3. The number of benzene rings is 1. The summed E-state index contributed by atoms with van der Waals surface area (Å²) >= 11 is 1.47. The molecule has 0 bridgehead atoms. The molecule has 28 heavy (non-hydrogen) atoms. The van der Waals surface area contributed by atoms with Crippen molar-refractivity contribution in [3.8, 4) is 5.75 Å². The number of methoxy groups -OCH3 is 1. The number of carbonyl (C=O) groups excluding carboxylic acids is 2. The van der Waals surface area contributed by atoms with Crippen LogP contribution in [0.4, 0.5) is 0 Å². The summed E-state index contributed by atoms with van der Waals surface area (Å²) in [6.45, 7) is 6.80. The van der Waals surface area contributed by atoms with E-state index in [2.05, 4.69) is 35.4 Å². The molecule has 2 rings (SSSR count). The minimum atomic E-state index is -0.147. The van der Waals surface area contributed by atoms with Crippen molar-refractivity contribution in [3.05, 3.63) is 52.2 Å². The van der Waals surface area contributed by atoms with E-state index >= 15 is 0 Å². The predicted molar refractivity (Wildman–Crippen MR) is 113 cm³/mol. The van der Waals surface area contributed by atoms with Crippen LogP contribution in [-0.4, -0.2) is 50.0 Å². The van der Waals surface area contributed by atoms with Crippen LogP contribution in [0.15, 0.2) is 41.1 Å². The molecule has 7 heteroatoms. The summed E-state index contributed by atoms with van der Waals surface area (Å²) in [5.74, 6) is 0.578. The third kappa shape index (κ3) is 6.35. The molecular weight excluding hydrogens is 374 g/mol. The summed E-state index contributed by atoms with van der Waals surface area (Å²) in [7, 11) is 1.65.